The molecule has 0 bridgehead atoms. The van der Waals surface area contributed by atoms with Crippen LogP contribution in [0, 0.1) is 11.3 Å². The molecule has 2 fully saturated rings. The van der Waals surface area contributed by atoms with Crippen molar-refractivity contribution in [3.8, 4) is 0 Å². The predicted octanol–water partition coefficient (Wildman–Crippen LogP) is 2.85. The summed E-state index contributed by atoms with van der Waals surface area (Å²) in [6.07, 6.45) is 8.08. The highest BCUT2D eigenvalue weighted by Gasteiger charge is 2.33. The van der Waals surface area contributed by atoms with E-state index in [0.717, 1.165) is 32.4 Å². The zero-order valence-corrected chi connectivity index (χ0v) is 13.1. The fraction of sp³-hybridized carbons (Fsp3) is 0.875. The zero-order valence-electron chi connectivity index (χ0n) is 13.1. The molecule has 0 aromatic rings. The summed E-state index contributed by atoms with van der Waals surface area (Å²) in [6.45, 7) is 4.31. The van der Waals surface area contributed by atoms with Gasteiger partial charge in [-0.3, -0.25) is 4.79 Å². The SMILES string of the molecule is CCC1(CNC(=O)N2CCCC(CC(=O)O)C2)CCCC1. The van der Waals surface area contributed by atoms with Crippen molar-refractivity contribution >= 4 is 12.0 Å². The Kier molecular flexibility index (Phi) is 5.48. The summed E-state index contributed by atoms with van der Waals surface area (Å²) >= 11 is 0. The summed E-state index contributed by atoms with van der Waals surface area (Å²) in [5, 5.41) is 12.0. The maximum Gasteiger partial charge on any atom is 0.317 e. The van der Waals surface area contributed by atoms with Gasteiger partial charge in [0.1, 0.15) is 0 Å². The molecule has 1 atom stereocenters. The van der Waals surface area contributed by atoms with Gasteiger partial charge in [-0.05, 0) is 43.4 Å². The fourth-order valence-electron chi connectivity index (χ4n) is 3.82. The first-order chi connectivity index (χ1) is 10.0. The number of aliphatic carboxylic acids is 1. The number of urea groups is 1. The molecule has 21 heavy (non-hydrogen) atoms. The normalized spacial score (nSPS) is 24.8. The molecule has 0 aromatic carbocycles. The molecule has 1 saturated carbocycles. The summed E-state index contributed by atoms with van der Waals surface area (Å²) in [6, 6.07) is -0.00943. The number of hydrogen-bond acceptors (Lipinski definition) is 2. The molecular formula is C16H28N2O3. The molecule has 0 radical (unpaired) electrons. The van der Waals surface area contributed by atoms with Crippen LogP contribution in [0.3, 0.4) is 0 Å². The maximum atomic E-state index is 12.3. The summed E-state index contributed by atoms with van der Waals surface area (Å²) in [5.41, 5.74) is 0.298. The summed E-state index contributed by atoms with van der Waals surface area (Å²) in [5.74, 6) is -0.660. The van der Waals surface area contributed by atoms with Crippen LogP contribution < -0.4 is 5.32 Å². The molecule has 5 heteroatoms. The van der Waals surface area contributed by atoms with Crippen molar-refractivity contribution in [1.29, 1.82) is 0 Å². The number of nitrogens with zero attached hydrogens (tertiary/aromatic N) is 1. The lowest BCUT2D eigenvalue weighted by Crippen LogP contribution is -2.48. The molecule has 2 rings (SSSR count). The molecular weight excluding hydrogens is 268 g/mol. The highest BCUT2D eigenvalue weighted by molar-refractivity contribution is 5.74. The molecule has 1 saturated heterocycles. The Hall–Kier alpha value is -1.26. The second-order valence-electron chi connectivity index (χ2n) is 6.77. The van der Waals surface area contributed by atoms with Gasteiger partial charge in [-0.25, -0.2) is 4.79 Å². The number of nitrogens with one attached hydrogen (secondary N) is 1. The molecule has 1 heterocycles. The van der Waals surface area contributed by atoms with Gasteiger partial charge in [0.05, 0.1) is 0 Å². The van der Waals surface area contributed by atoms with E-state index in [0.29, 0.717) is 12.0 Å². The van der Waals surface area contributed by atoms with E-state index < -0.39 is 5.97 Å². The molecule has 0 aromatic heterocycles. The predicted molar refractivity (Wildman–Crippen MR) is 81.1 cm³/mol. The summed E-state index contributed by atoms with van der Waals surface area (Å²) in [4.78, 5) is 24.9. The van der Waals surface area contributed by atoms with Crippen LogP contribution in [0.5, 0.6) is 0 Å². The summed E-state index contributed by atoms with van der Waals surface area (Å²) < 4.78 is 0. The highest BCUT2D eigenvalue weighted by atomic mass is 16.4. The van der Waals surface area contributed by atoms with Crippen molar-refractivity contribution in [3.63, 3.8) is 0 Å². The lowest BCUT2D eigenvalue weighted by atomic mass is 9.83. The van der Waals surface area contributed by atoms with Crippen molar-refractivity contribution in [3.05, 3.63) is 0 Å². The second kappa shape index (κ2) is 7.14. The Labute approximate surface area is 127 Å². The third kappa shape index (κ3) is 4.35. The van der Waals surface area contributed by atoms with Gasteiger partial charge >= 0.3 is 12.0 Å². The van der Waals surface area contributed by atoms with Gasteiger partial charge in [0.15, 0.2) is 0 Å². The summed E-state index contributed by atoms with van der Waals surface area (Å²) in [7, 11) is 0. The number of piperidine rings is 1. The van der Waals surface area contributed by atoms with Gasteiger partial charge in [0, 0.05) is 26.1 Å². The van der Waals surface area contributed by atoms with Crippen molar-refractivity contribution in [2.24, 2.45) is 11.3 Å². The van der Waals surface area contributed by atoms with Crippen molar-refractivity contribution < 1.29 is 14.7 Å². The topological polar surface area (TPSA) is 69.6 Å². The second-order valence-corrected chi connectivity index (χ2v) is 6.77. The Morgan fingerprint density at radius 1 is 1.29 bits per heavy atom. The van der Waals surface area contributed by atoms with E-state index in [9.17, 15) is 9.59 Å². The largest absolute Gasteiger partial charge is 0.481 e. The van der Waals surface area contributed by atoms with Crippen LogP contribution in [-0.4, -0.2) is 41.6 Å². The molecule has 1 unspecified atom stereocenters. The number of carboxylic acid groups (broad SMARTS) is 1. The minimum absolute atomic E-state index is 0.00943. The quantitative estimate of drug-likeness (QED) is 0.819. The first kappa shape index (κ1) is 16.1. The van der Waals surface area contributed by atoms with E-state index in [2.05, 4.69) is 12.2 Å². The lowest BCUT2D eigenvalue weighted by Gasteiger charge is -2.34. The molecule has 120 valence electrons. The van der Waals surface area contributed by atoms with Gasteiger partial charge in [-0.15, -0.1) is 0 Å². The minimum Gasteiger partial charge on any atom is -0.481 e. The van der Waals surface area contributed by atoms with Crippen molar-refractivity contribution in [1.82, 2.24) is 10.2 Å². The number of hydrogen-bond donors (Lipinski definition) is 2. The van der Waals surface area contributed by atoms with Crippen LogP contribution in [0.25, 0.3) is 0 Å². The number of likely N-dealkylation sites (tertiary alicyclic amines) is 1. The average Bonchev–Trinajstić information content (AvgIpc) is 2.94. The van der Waals surface area contributed by atoms with E-state index in [-0.39, 0.29) is 18.4 Å². The molecule has 5 nitrogen and oxygen atoms in total. The van der Waals surface area contributed by atoms with Crippen LogP contribution in [0.4, 0.5) is 4.79 Å². The Bertz CT molecular complexity index is 378. The first-order valence-electron chi connectivity index (χ1n) is 8.29. The van der Waals surface area contributed by atoms with Gasteiger partial charge in [-0.1, -0.05) is 19.8 Å². The van der Waals surface area contributed by atoms with E-state index in [4.69, 9.17) is 5.11 Å². The maximum absolute atomic E-state index is 12.3. The highest BCUT2D eigenvalue weighted by Crippen LogP contribution is 2.40. The number of carbonyl (C=O) groups is 2. The van der Waals surface area contributed by atoms with Crippen LogP contribution in [-0.2, 0) is 4.79 Å². The van der Waals surface area contributed by atoms with E-state index in [1.165, 1.54) is 25.7 Å². The molecule has 0 spiro atoms. The molecule has 2 N–H and O–H groups in total. The third-order valence-electron chi connectivity index (χ3n) is 5.30. The third-order valence-corrected chi connectivity index (χ3v) is 5.30. The van der Waals surface area contributed by atoms with E-state index in [1.54, 1.807) is 4.90 Å². The van der Waals surface area contributed by atoms with Gasteiger partial charge in [0.2, 0.25) is 0 Å². The van der Waals surface area contributed by atoms with Crippen molar-refractivity contribution in [2.75, 3.05) is 19.6 Å². The molecule has 1 aliphatic heterocycles. The fourth-order valence-corrected chi connectivity index (χ4v) is 3.82. The Morgan fingerprint density at radius 3 is 2.62 bits per heavy atom. The molecule has 2 aliphatic rings. The van der Waals surface area contributed by atoms with Crippen LogP contribution in [0.1, 0.15) is 58.3 Å². The Morgan fingerprint density at radius 2 is 2.00 bits per heavy atom. The van der Waals surface area contributed by atoms with Gasteiger partial charge in [0.25, 0.3) is 0 Å². The molecule has 2 amide bonds. The van der Waals surface area contributed by atoms with Crippen LogP contribution in [0.15, 0.2) is 0 Å². The number of carboxylic acids is 1. The van der Waals surface area contributed by atoms with Crippen molar-refractivity contribution in [2.45, 2.75) is 58.3 Å². The molecule has 1 aliphatic carbocycles. The van der Waals surface area contributed by atoms with Gasteiger partial charge in [-0.2, -0.15) is 0 Å². The first-order valence-corrected chi connectivity index (χ1v) is 8.29. The minimum atomic E-state index is -0.766. The van der Waals surface area contributed by atoms with Crippen LogP contribution >= 0.6 is 0 Å². The number of carbonyl (C=O) groups excluding carboxylic acids is 1. The van der Waals surface area contributed by atoms with Gasteiger partial charge < -0.3 is 15.3 Å². The lowest BCUT2D eigenvalue weighted by molar-refractivity contribution is -0.138. The zero-order chi connectivity index (χ0) is 15.3. The van der Waals surface area contributed by atoms with E-state index in [1.807, 2.05) is 0 Å². The van der Waals surface area contributed by atoms with E-state index >= 15 is 0 Å². The standard InChI is InChI=1S/C16H28N2O3/c1-2-16(7-3-4-8-16)12-17-15(21)18-9-5-6-13(11-18)10-14(19)20/h13H,2-12H2,1H3,(H,17,21)(H,19,20). The Balaban J connectivity index is 1.81. The monoisotopic (exact) mass is 296 g/mol. The number of rotatable bonds is 5. The van der Waals surface area contributed by atoms with Crippen LogP contribution in [0.2, 0.25) is 0 Å². The number of amides is 2. The smallest absolute Gasteiger partial charge is 0.317 e. The average molecular weight is 296 g/mol.